The van der Waals surface area contributed by atoms with Crippen LogP contribution >= 0.6 is 0 Å². The molecule has 1 aromatic carbocycles. The van der Waals surface area contributed by atoms with Crippen molar-refractivity contribution < 1.29 is 14.0 Å². The van der Waals surface area contributed by atoms with Crippen molar-refractivity contribution in [1.29, 1.82) is 0 Å². The molecule has 150 valence electrons. The molecule has 0 bridgehead atoms. The van der Waals surface area contributed by atoms with Gasteiger partial charge in [0.05, 0.1) is 16.8 Å². The smallest absolute Gasteiger partial charge is 0.237 e. The first-order chi connectivity index (χ1) is 14.1. The molecule has 5 rings (SSSR count). The summed E-state index contributed by atoms with van der Waals surface area (Å²) in [5.41, 5.74) is -0.0625. The van der Waals surface area contributed by atoms with Crippen molar-refractivity contribution >= 4 is 28.5 Å². The molecule has 2 aromatic rings. The summed E-state index contributed by atoms with van der Waals surface area (Å²) in [6, 6.07) is 4.67. The molecule has 2 atom stereocenters. The van der Waals surface area contributed by atoms with Crippen molar-refractivity contribution in [3.8, 4) is 0 Å². The van der Waals surface area contributed by atoms with Crippen molar-refractivity contribution in [2.24, 2.45) is 11.3 Å². The van der Waals surface area contributed by atoms with Crippen molar-refractivity contribution in [2.45, 2.75) is 6.42 Å². The summed E-state index contributed by atoms with van der Waals surface area (Å²) in [7, 11) is 0. The molecule has 0 saturated carbocycles. The lowest BCUT2D eigenvalue weighted by Crippen LogP contribution is -2.48. The molecule has 3 heterocycles. The van der Waals surface area contributed by atoms with Crippen LogP contribution in [0.2, 0.25) is 0 Å². The van der Waals surface area contributed by atoms with E-state index in [0.717, 1.165) is 43.9 Å². The fourth-order valence-electron chi connectivity index (χ4n) is 4.62. The Morgan fingerprint density at radius 2 is 2.00 bits per heavy atom. The Morgan fingerprint density at radius 1 is 1.17 bits per heavy atom. The third-order valence-electron chi connectivity index (χ3n) is 6.32. The number of amides is 2. The molecule has 0 spiro atoms. The van der Waals surface area contributed by atoms with E-state index < -0.39 is 11.3 Å². The lowest BCUT2D eigenvalue weighted by atomic mass is 9.72. The number of aromatic nitrogens is 2. The number of carbonyl (C=O) groups excluding carboxylic acids is 2. The van der Waals surface area contributed by atoms with E-state index >= 15 is 0 Å². The monoisotopic (exact) mass is 395 g/mol. The van der Waals surface area contributed by atoms with Crippen LogP contribution in [0.15, 0.2) is 42.5 Å². The topological polar surface area (TPSA) is 81.3 Å². The minimum Gasteiger partial charge on any atom is -0.352 e. The number of nitrogens with zero attached hydrogens (tertiary/aromatic N) is 3. The van der Waals surface area contributed by atoms with Gasteiger partial charge in [-0.05, 0) is 31.2 Å². The number of piperazine rings is 1. The van der Waals surface area contributed by atoms with Crippen LogP contribution in [0.3, 0.4) is 0 Å². The molecule has 2 unspecified atom stereocenters. The highest BCUT2D eigenvalue weighted by Crippen LogP contribution is 2.41. The molecule has 29 heavy (non-hydrogen) atoms. The minimum atomic E-state index is -0.758. The fraction of sp³-hybridized carbons (Fsp3) is 0.381. The van der Waals surface area contributed by atoms with Crippen LogP contribution in [0, 0.1) is 17.2 Å². The summed E-state index contributed by atoms with van der Waals surface area (Å²) >= 11 is 0. The van der Waals surface area contributed by atoms with Crippen LogP contribution in [0.5, 0.6) is 0 Å². The van der Waals surface area contributed by atoms with E-state index in [1.165, 1.54) is 12.1 Å². The summed E-state index contributed by atoms with van der Waals surface area (Å²) in [5, 5.41) is 10.7. The predicted octanol–water partition coefficient (Wildman–Crippen LogP) is 1.60. The number of benzene rings is 1. The summed E-state index contributed by atoms with van der Waals surface area (Å²) in [6.45, 7) is 4.02. The molecule has 2 fully saturated rings. The number of carbonyl (C=O) groups is 2. The molecule has 1 aliphatic carbocycles. The summed E-state index contributed by atoms with van der Waals surface area (Å²) in [4.78, 5) is 29.1. The number of anilines is 1. The summed E-state index contributed by atoms with van der Waals surface area (Å²) < 4.78 is 13.4. The van der Waals surface area contributed by atoms with Crippen LogP contribution in [0.4, 0.5) is 10.2 Å². The van der Waals surface area contributed by atoms with Gasteiger partial charge in [-0.15, -0.1) is 0 Å². The van der Waals surface area contributed by atoms with Gasteiger partial charge in [0.2, 0.25) is 11.8 Å². The third-order valence-corrected chi connectivity index (χ3v) is 6.32. The first-order valence-corrected chi connectivity index (χ1v) is 9.89. The van der Waals surface area contributed by atoms with Crippen molar-refractivity contribution in [2.75, 3.05) is 37.6 Å². The zero-order chi connectivity index (χ0) is 20.0. The van der Waals surface area contributed by atoms with Crippen LogP contribution in [-0.2, 0) is 9.59 Å². The lowest BCUT2D eigenvalue weighted by Gasteiger charge is -2.37. The Hall–Kier alpha value is -3.00. The number of H-pyrrole nitrogens is 1. The van der Waals surface area contributed by atoms with E-state index in [1.807, 2.05) is 24.3 Å². The highest BCUT2D eigenvalue weighted by molar-refractivity contribution is 6.09. The maximum atomic E-state index is 13.4. The maximum Gasteiger partial charge on any atom is 0.237 e. The highest BCUT2D eigenvalue weighted by atomic mass is 19.1. The molecular weight excluding hydrogens is 373 g/mol. The minimum absolute atomic E-state index is 0.193. The molecule has 2 N–H and O–H groups in total. The zero-order valence-corrected chi connectivity index (χ0v) is 15.9. The number of hydrogen-bond acceptors (Lipinski definition) is 5. The van der Waals surface area contributed by atoms with Gasteiger partial charge < -0.3 is 4.90 Å². The SMILES string of the molecule is O=C1NC(=O)C2(CCN3CCN(c4n[nH]c5cc(F)ccc45)CC3)C=CC=CC12. The highest BCUT2D eigenvalue weighted by Gasteiger charge is 2.52. The second kappa shape index (κ2) is 6.81. The fourth-order valence-corrected chi connectivity index (χ4v) is 4.62. The van der Waals surface area contributed by atoms with Gasteiger partial charge in [0.25, 0.3) is 0 Å². The average molecular weight is 395 g/mol. The first kappa shape index (κ1) is 18.1. The number of fused-ring (bicyclic) bond motifs is 2. The number of nitrogens with one attached hydrogen (secondary N) is 2. The van der Waals surface area contributed by atoms with Gasteiger partial charge in [0.15, 0.2) is 5.82 Å². The van der Waals surface area contributed by atoms with Gasteiger partial charge in [0.1, 0.15) is 5.82 Å². The van der Waals surface area contributed by atoms with E-state index in [9.17, 15) is 14.0 Å². The first-order valence-electron chi connectivity index (χ1n) is 9.89. The number of halogens is 1. The molecule has 2 amide bonds. The van der Waals surface area contributed by atoms with Crippen LogP contribution < -0.4 is 10.2 Å². The Labute approximate surface area is 167 Å². The number of hydrogen-bond donors (Lipinski definition) is 2. The molecule has 7 nitrogen and oxygen atoms in total. The lowest BCUT2D eigenvalue weighted by molar-refractivity contribution is -0.127. The second-order valence-corrected chi connectivity index (χ2v) is 7.90. The number of allylic oxidation sites excluding steroid dienone is 2. The van der Waals surface area contributed by atoms with E-state index in [4.69, 9.17) is 0 Å². The Bertz CT molecular complexity index is 1040. The summed E-state index contributed by atoms with van der Waals surface area (Å²) in [6.07, 6.45) is 8.01. The average Bonchev–Trinajstić information content (AvgIpc) is 3.26. The predicted molar refractivity (Wildman–Crippen MR) is 107 cm³/mol. The molecule has 2 saturated heterocycles. The van der Waals surface area contributed by atoms with Gasteiger partial charge in [0, 0.05) is 31.6 Å². The largest absolute Gasteiger partial charge is 0.352 e. The van der Waals surface area contributed by atoms with Gasteiger partial charge in [-0.1, -0.05) is 24.3 Å². The number of rotatable bonds is 4. The molecule has 0 radical (unpaired) electrons. The van der Waals surface area contributed by atoms with Crippen LogP contribution in [0.25, 0.3) is 10.9 Å². The Kier molecular flexibility index (Phi) is 4.24. The Morgan fingerprint density at radius 3 is 2.83 bits per heavy atom. The zero-order valence-electron chi connectivity index (χ0n) is 15.9. The van der Waals surface area contributed by atoms with Crippen LogP contribution in [-0.4, -0.2) is 59.6 Å². The van der Waals surface area contributed by atoms with Crippen molar-refractivity contribution in [3.05, 3.63) is 48.3 Å². The van der Waals surface area contributed by atoms with Crippen molar-refractivity contribution in [1.82, 2.24) is 20.4 Å². The van der Waals surface area contributed by atoms with E-state index in [-0.39, 0.29) is 17.6 Å². The van der Waals surface area contributed by atoms with E-state index in [2.05, 4.69) is 25.3 Å². The Balaban J connectivity index is 1.23. The molecule has 1 aromatic heterocycles. The van der Waals surface area contributed by atoms with Gasteiger partial charge >= 0.3 is 0 Å². The van der Waals surface area contributed by atoms with Crippen molar-refractivity contribution in [3.63, 3.8) is 0 Å². The second-order valence-electron chi connectivity index (χ2n) is 7.90. The van der Waals surface area contributed by atoms with Gasteiger partial charge in [-0.25, -0.2) is 4.39 Å². The van der Waals surface area contributed by atoms with E-state index in [1.54, 1.807) is 6.07 Å². The van der Waals surface area contributed by atoms with Gasteiger partial charge in [-0.3, -0.25) is 24.9 Å². The molecule has 8 heteroatoms. The quantitative estimate of drug-likeness (QED) is 0.769. The number of aromatic amines is 1. The van der Waals surface area contributed by atoms with Gasteiger partial charge in [-0.2, -0.15) is 5.10 Å². The molecular formula is C21H22FN5O2. The third kappa shape index (κ3) is 2.95. The molecule has 2 aliphatic heterocycles. The summed E-state index contributed by atoms with van der Waals surface area (Å²) in [5.74, 6) is -0.239. The maximum absolute atomic E-state index is 13.4. The van der Waals surface area contributed by atoms with E-state index in [0.29, 0.717) is 11.9 Å². The standard InChI is InChI=1S/C21H22FN5O2/c22-14-4-5-15-17(13-14)24-25-18(15)27-11-9-26(10-12-27)8-7-21-6-2-1-3-16(21)19(28)23-20(21)29/h1-6,13,16H,7-12H2,(H,24,25)(H,23,28,29). The molecule has 3 aliphatic rings. The normalized spacial score (nSPS) is 26.9. The number of imide groups is 1. The van der Waals surface area contributed by atoms with Crippen LogP contribution in [0.1, 0.15) is 6.42 Å².